The summed E-state index contributed by atoms with van der Waals surface area (Å²) in [6.45, 7) is 2.35. The summed E-state index contributed by atoms with van der Waals surface area (Å²) >= 11 is 0. The highest BCUT2D eigenvalue weighted by molar-refractivity contribution is 6.00. The molecule has 3 aromatic rings. The Hall–Kier alpha value is -3.33. The van der Waals surface area contributed by atoms with Gasteiger partial charge in [0.25, 0.3) is 0 Å². The van der Waals surface area contributed by atoms with Crippen LogP contribution in [0.25, 0.3) is 10.9 Å². The Bertz CT molecular complexity index is 940. The van der Waals surface area contributed by atoms with E-state index in [1.54, 1.807) is 19.2 Å². The molecule has 24 heavy (non-hydrogen) atoms. The van der Waals surface area contributed by atoms with Crippen LogP contribution in [0.1, 0.15) is 28.7 Å². The van der Waals surface area contributed by atoms with E-state index in [1.165, 1.54) is 0 Å². The molecule has 0 bridgehead atoms. The molecule has 2 aromatic heterocycles. The second-order valence-corrected chi connectivity index (χ2v) is 5.18. The highest BCUT2D eigenvalue weighted by Crippen LogP contribution is 2.31. The molecule has 0 spiro atoms. The maximum Gasteiger partial charge on any atom is 0.360 e. The molecule has 0 amide bonds. The van der Waals surface area contributed by atoms with Gasteiger partial charge in [0.2, 0.25) is 0 Å². The predicted octanol–water partition coefficient (Wildman–Crippen LogP) is 2.84. The fourth-order valence-electron chi connectivity index (χ4n) is 2.60. The van der Waals surface area contributed by atoms with E-state index in [2.05, 4.69) is 4.98 Å². The van der Waals surface area contributed by atoms with Crippen LogP contribution in [0.2, 0.25) is 0 Å². The summed E-state index contributed by atoms with van der Waals surface area (Å²) < 4.78 is 6.71. The van der Waals surface area contributed by atoms with E-state index < -0.39 is 5.97 Å². The number of nitriles is 1. The number of hydrogen-bond acceptors (Lipinski definition) is 5. The van der Waals surface area contributed by atoms with Gasteiger partial charge in [-0.05, 0) is 18.6 Å². The summed E-state index contributed by atoms with van der Waals surface area (Å²) in [4.78, 5) is 15.9. The molecule has 0 saturated carbocycles. The zero-order chi connectivity index (χ0) is 17.1. The third-order valence-corrected chi connectivity index (χ3v) is 3.66. The van der Waals surface area contributed by atoms with E-state index in [4.69, 9.17) is 4.74 Å². The fraction of sp³-hybridized carbons (Fsp3) is 0.167. The van der Waals surface area contributed by atoms with Crippen LogP contribution >= 0.6 is 0 Å². The number of esters is 1. The quantitative estimate of drug-likeness (QED) is 0.746. The Kier molecular flexibility index (Phi) is 4.17. The minimum absolute atomic E-state index is 0.0757. The van der Waals surface area contributed by atoms with Crippen molar-refractivity contribution in [2.24, 2.45) is 0 Å². The first-order chi connectivity index (χ1) is 11.7. The first-order valence-electron chi connectivity index (χ1n) is 7.48. The monoisotopic (exact) mass is 321 g/mol. The maximum atomic E-state index is 11.9. The summed E-state index contributed by atoms with van der Waals surface area (Å²) in [5.41, 5.74) is 1.38. The fourth-order valence-corrected chi connectivity index (χ4v) is 2.60. The Morgan fingerprint density at radius 3 is 2.75 bits per heavy atom. The molecule has 0 atom stereocenters. The van der Waals surface area contributed by atoms with Gasteiger partial charge in [0.1, 0.15) is 6.07 Å². The molecule has 1 aromatic carbocycles. The van der Waals surface area contributed by atoms with E-state index in [1.807, 2.05) is 41.0 Å². The van der Waals surface area contributed by atoms with Gasteiger partial charge in [0.05, 0.1) is 12.1 Å². The lowest BCUT2D eigenvalue weighted by molar-refractivity contribution is 0.0516. The van der Waals surface area contributed by atoms with Crippen LogP contribution in [0.5, 0.6) is 5.75 Å². The van der Waals surface area contributed by atoms with Crippen molar-refractivity contribution in [1.29, 1.82) is 5.26 Å². The number of carbonyl (C=O) groups is 1. The number of benzene rings is 1. The van der Waals surface area contributed by atoms with Gasteiger partial charge in [-0.15, -0.1) is 0 Å². The van der Waals surface area contributed by atoms with E-state index in [-0.39, 0.29) is 23.7 Å². The van der Waals surface area contributed by atoms with Crippen LogP contribution in [0.15, 0.2) is 42.6 Å². The normalized spacial score (nSPS) is 10.5. The van der Waals surface area contributed by atoms with Gasteiger partial charge in [-0.1, -0.05) is 30.3 Å². The van der Waals surface area contributed by atoms with Crippen molar-refractivity contribution in [3.05, 3.63) is 59.5 Å². The highest BCUT2D eigenvalue weighted by atomic mass is 16.5. The van der Waals surface area contributed by atoms with Gasteiger partial charge >= 0.3 is 5.97 Å². The summed E-state index contributed by atoms with van der Waals surface area (Å²) in [5, 5.41) is 20.2. The van der Waals surface area contributed by atoms with Crippen molar-refractivity contribution in [1.82, 2.24) is 9.55 Å². The third kappa shape index (κ3) is 2.68. The average Bonchev–Trinajstić information content (AvgIpc) is 3.01. The number of hydrogen-bond donors (Lipinski definition) is 1. The lowest BCUT2D eigenvalue weighted by Gasteiger charge is -2.09. The second-order valence-electron chi connectivity index (χ2n) is 5.18. The topological polar surface area (TPSA) is 88.1 Å². The number of pyridine rings is 1. The minimum atomic E-state index is -0.746. The number of carbonyl (C=O) groups excluding carboxylic acids is 1. The van der Waals surface area contributed by atoms with Crippen molar-refractivity contribution in [3.8, 4) is 11.8 Å². The smallest absolute Gasteiger partial charge is 0.360 e. The summed E-state index contributed by atoms with van der Waals surface area (Å²) in [6.07, 6.45) is 1.76. The lowest BCUT2D eigenvalue weighted by atomic mass is 10.2. The van der Waals surface area contributed by atoms with Crippen LogP contribution in [0.4, 0.5) is 0 Å². The molecule has 6 heteroatoms. The van der Waals surface area contributed by atoms with Gasteiger partial charge < -0.3 is 14.4 Å². The van der Waals surface area contributed by atoms with Crippen molar-refractivity contribution in [3.63, 3.8) is 0 Å². The number of ether oxygens (including phenoxy) is 1. The van der Waals surface area contributed by atoms with Crippen LogP contribution in [-0.4, -0.2) is 27.2 Å². The van der Waals surface area contributed by atoms with Gasteiger partial charge in [0.15, 0.2) is 17.1 Å². The molecule has 0 saturated heterocycles. The molecular formula is C18H15N3O3. The van der Waals surface area contributed by atoms with E-state index >= 15 is 0 Å². The van der Waals surface area contributed by atoms with Gasteiger partial charge in [-0.2, -0.15) is 5.26 Å². The largest absolute Gasteiger partial charge is 0.505 e. The Balaban J connectivity index is 2.14. The molecule has 120 valence electrons. The molecule has 0 aliphatic carbocycles. The molecule has 2 heterocycles. The Morgan fingerprint density at radius 2 is 2.08 bits per heavy atom. The van der Waals surface area contributed by atoms with E-state index in [9.17, 15) is 15.2 Å². The molecule has 0 unspecified atom stereocenters. The first-order valence-corrected chi connectivity index (χ1v) is 7.48. The van der Waals surface area contributed by atoms with Gasteiger partial charge in [-0.25, -0.2) is 9.78 Å². The molecule has 0 aliphatic rings. The highest BCUT2D eigenvalue weighted by Gasteiger charge is 2.22. The molecule has 6 nitrogen and oxygen atoms in total. The zero-order valence-electron chi connectivity index (χ0n) is 13.1. The number of aromatic hydroxyl groups is 1. The molecule has 3 rings (SSSR count). The number of fused-ring (bicyclic) bond motifs is 1. The Labute approximate surface area is 138 Å². The minimum Gasteiger partial charge on any atom is -0.505 e. The van der Waals surface area contributed by atoms with Crippen LogP contribution < -0.4 is 0 Å². The van der Waals surface area contributed by atoms with E-state index in [0.717, 1.165) is 5.56 Å². The lowest BCUT2D eigenvalue weighted by Crippen LogP contribution is -2.09. The molecule has 0 aliphatic heterocycles. The SMILES string of the molecule is CCOC(=O)c1nc(C#N)c2c(ccn2Cc2ccccc2)c1O. The molecule has 0 fully saturated rings. The van der Waals surface area contributed by atoms with E-state index in [0.29, 0.717) is 17.4 Å². The molecular weight excluding hydrogens is 306 g/mol. The second kappa shape index (κ2) is 6.42. The predicted molar refractivity (Wildman–Crippen MR) is 87.6 cm³/mol. The number of nitrogens with zero attached hydrogens (tertiary/aromatic N) is 3. The van der Waals surface area contributed by atoms with Crippen molar-refractivity contribution in [2.75, 3.05) is 6.61 Å². The van der Waals surface area contributed by atoms with Crippen molar-refractivity contribution in [2.45, 2.75) is 13.5 Å². The maximum absolute atomic E-state index is 11.9. The first kappa shape index (κ1) is 15.6. The summed E-state index contributed by atoms with van der Waals surface area (Å²) in [5.74, 6) is -1.02. The third-order valence-electron chi connectivity index (χ3n) is 3.66. The summed E-state index contributed by atoms with van der Waals surface area (Å²) in [7, 11) is 0. The van der Waals surface area contributed by atoms with Crippen LogP contribution in [-0.2, 0) is 11.3 Å². The average molecular weight is 321 g/mol. The van der Waals surface area contributed by atoms with Crippen molar-refractivity contribution >= 4 is 16.9 Å². The van der Waals surface area contributed by atoms with Gasteiger partial charge in [-0.3, -0.25) is 0 Å². The number of aromatic nitrogens is 2. The zero-order valence-corrected chi connectivity index (χ0v) is 13.1. The standard InChI is InChI=1S/C18H15N3O3/c1-2-24-18(23)15-17(22)13-8-9-21(16(13)14(10-19)20-15)11-12-6-4-3-5-7-12/h3-9,22H,2,11H2,1H3. The van der Waals surface area contributed by atoms with Crippen LogP contribution in [0.3, 0.4) is 0 Å². The Morgan fingerprint density at radius 1 is 1.33 bits per heavy atom. The molecule has 0 radical (unpaired) electrons. The summed E-state index contributed by atoms with van der Waals surface area (Å²) in [6, 6.07) is 13.4. The van der Waals surface area contributed by atoms with Crippen LogP contribution in [0, 0.1) is 11.3 Å². The molecule has 1 N–H and O–H groups in total. The van der Waals surface area contributed by atoms with Crippen molar-refractivity contribution < 1.29 is 14.6 Å². The number of rotatable bonds is 4. The van der Waals surface area contributed by atoms with Gasteiger partial charge in [0, 0.05) is 18.1 Å².